The van der Waals surface area contributed by atoms with Gasteiger partial charge in [0.1, 0.15) is 5.82 Å². The number of nitrogens with two attached hydrogens (primary N) is 1. The molecule has 60 valence electrons. The third kappa shape index (κ3) is 1.31. The van der Waals surface area contributed by atoms with Crippen LogP contribution in [0.1, 0.15) is 0 Å². The van der Waals surface area contributed by atoms with Crippen LogP contribution in [0.15, 0.2) is 35.8 Å². The van der Waals surface area contributed by atoms with Crippen molar-refractivity contribution in [2.45, 2.75) is 0 Å². The number of rotatable bonds is 1. The largest absolute Gasteiger partial charge is 0.384 e. The van der Waals surface area contributed by atoms with Crippen LogP contribution >= 0.6 is 11.3 Å². The normalized spacial score (nSPS) is 10.0. The van der Waals surface area contributed by atoms with Crippen LogP contribution in [0.3, 0.4) is 0 Å². The van der Waals surface area contributed by atoms with E-state index in [1.807, 2.05) is 23.6 Å². The fourth-order valence-corrected chi connectivity index (χ4v) is 1.77. The second-order valence-corrected chi connectivity index (χ2v) is 3.39. The summed E-state index contributed by atoms with van der Waals surface area (Å²) < 4.78 is 0. The Morgan fingerprint density at radius 3 is 2.92 bits per heavy atom. The fourth-order valence-electron chi connectivity index (χ4n) is 1.04. The van der Waals surface area contributed by atoms with E-state index in [1.165, 1.54) is 4.88 Å². The lowest BCUT2D eigenvalue weighted by Crippen LogP contribution is -1.88. The van der Waals surface area contributed by atoms with Gasteiger partial charge < -0.3 is 5.73 Å². The van der Waals surface area contributed by atoms with E-state index in [1.54, 1.807) is 17.5 Å². The van der Waals surface area contributed by atoms with Crippen molar-refractivity contribution in [2.75, 3.05) is 5.73 Å². The van der Waals surface area contributed by atoms with Gasteiger partial charge in [-0.3, -0.25) is 0 Å². The Bertz CT molecular complexity index is 368. The zero-order valence-corrected chi connectivity index (χ0v) is 7.21. The number of anilines is 1. The van der Waals surface area contributed by atoms with E-state index >= 15 is 0 Å². The molecule has 2 rings (SSSR count). The van der Waals surface area contributed by atoms with Gasteiger partial charge in [-0.25, -0.2) is 4.98 Å². The summed E-state index contributed by atoms with van der Waals surface area (Å²) in [5.41, 5.74) is 6.69. The third-order valence-corrected chi connectivity index (χ3v) is 2.51. The van der Waals surface area contributed by atoms with Gasteiger partial charge in [-0.15, -0.1) is 11.3 Å². The molecule has 0 aliphatic carbocycles. The second kappa shape index (κ2) is 2.95. The van der Waals surface area contributed by atoms with Crippen molar-refractivity contribution in [1.82, 2.24) is 4.98 Å². The molecule has 3 heteroatoms. The van der Waals surface area contributed by atoms with Crippen LogP contribution in [0.2, 0.25) is 0 Å². The first-order chi connectivity index (χ1) is 5.86. The van der Waals surface area contributed by atoms with Crippen molar-refractivity contribution in [3.63, 3.8) is 0 Å². The van der Waals surface area contributed by atoms with Gasteiger partial charge in [0.25, 0.3) is 0 Å². The van der Waals surface area contributed by atoms with Crippen molar-refractivity contribution in [3.8, 4) is 10.4 Å². The minimum Gasteiger partial charge on any atom is -0.384 e. The average Bonchev–Trinajstić information content (AvgIpc) is 2.56. The van der Waals surface area contributed by atoms with E-state index < -0.39 is 0 Å². The Hall–Kier alpha value is -1.35. The molecule has 0 unspecified atom stereocenters. The maximum atomic E-state index is 5.56. The Balaban J connectivity index is 2.48. The summed E-state index contributed by atoms with van der Waals surface area (Å²) in [6, 6.07) is 7.93. The number of hydrogen-bond donors (Lipinski definition) is 1. The minimum atomic E-state index is 0.570. The van der Waals surface area contributed by atoms with Gasteiger partial charge in [-0.1, -0.05) is 6.07 Å². The minimum absolute atomic E-state index is 0.570. The molecule has 0 spiro atoms. The average molecular weight is 176 g/mol. The summed E-state index contributed by atoms with van der Waals surface area (Å²) in [5.74, 6) is 0.570. The molecule has 0 aliphatic heterocycles. The smallest absolute Gasteiger partial charge is 0.123 e. The Morgan fingerprint density at radius 1 is 1.33 bits per heavy atom. The quantitative estimate of drug-likeness (QED) is 0.724. The van der Waals surface area contributed by atoms with E-state index in [0.717, 1.165) is 5.56 Å². The lowest BCUT2D eigenvalue weighted by Gasteiger charge is -1.96. The summed E-state index contributed by atoms with van der Waals surface area (Å²) in [4.78, 5) is 5.16. The number of nitrogens with zero attached hydrogens (tertiary/aromatic N) is 1. The van der Waals surface area contributed by atoms with E-state index in [2.05, 4.69) is 11.1 Å². The van der Waals surface area contributed by atoms with Gasteiger partial charge in [0.2, 0.25) is 0 Å². The molecule has 0 fully saturated rings. The molecule has 0 amide bonds. The Morgan fingerprint density at radius 2 is 2.25 bits per heavy atom. The van der Waals surface area contributed by atoms with E-state index in [-0.39, 0.29) is 0 Å². The van der Waals surface area contributed by atoms with E-state index in [9.17, 15) is 0 Å². The highest BCUT2D eigenvalue weighted by Crippen LogP contribution is 2.24. The van der Waals surface area contributed by atoms with Crippen LogP contribution in [0, 0.1) is 0 Å². The molecule has 2 aromatic heterocycles. The van der Waals surface area contributed by atoms with Crippen LogP contribution < -0.4 is 5.73 Å². The van der Waals surface area contributed by atoms with Crippen LogP contribution in [-0.2, 0) is 0 Å². The van der Waals surface area contributed by atoms with Crippen LogP contribution in [0.5, 0.6) is 0 Å². The van der Waals surface area contributed by atoms with Gasteiger partial charge in [0.15, 0.2) is 0 Å². The molecule has 2 heterocycles. The van der Waals surface area contributed by atoms with Crippen LogP contribution in [0.25, 0.3) is 10.4 Å². The number of aromatic nitrogens is 1. The molecular weight excluding hydrogens is 168 g/mol. The maximum absolute atomic E-state index is 5.56. The van der Waals surface area contributed by atoms with Crippen molar-refractivity contribution in [2.24, 2.45) is 0 Å². The lowest BCUT2D eigenvalue weighted by atomic mass is 10.2. The van der Waals surface area contributed by atoms with Gasteiger partial charge in [-0.2, -0.15) is 0 Å². The fraction of sp³-hybridized carbons (Fsp3) is 0. The number of hydrogen-bond acceptors (Lipinski definition) is 3. The molecule has 12 heavy (non-hydrogen) atoms. The summed E-state index contributed by atoms with van der Waals surface area (Å²) in [6.45, 7) is 0. The molecule has 0 atom stereocenters. The third-order valence-electron chi connectivity index (χ3n) is 1.59. The lowest BCUT2D eigenvalue weighted by molar-refractivity contribution is 1.34. The topological polar surface area (TPSA) is 38.9 Å². The van der Waals surface area contributed by atoms with Gasteiger partial charge in [0, 0.05) is 11.1 Å². The summed E-state index contributed by atoms with van der Waals surface area (Å²) >= 11 is 1.70. The summed E-state index contributed by atoms with van der Waals surface area (Å²) in [7, 11) is 0. The molecule has 2 aromatic rings. The first kappa shape index (κ1) is 7.31. The van der Waals surface area contributed by atoms with Gasteiger partial charge >= 0.3 is 0 Å². The summed E-state index contributed by atoms with van der Waals surface area (Å²) in [6.07, 6.45) is 1.73. The number of pyridine rings is 1. The van der Waals surface area contributed by atoms with Crippen LogP contribution in [-0.4, -0.2) is 4.98 Å². The van der Waals surface area contributed by atoms with Gasteiger partial charge in [0.05, 0.1) is 0 Å². The predicted molar refractivity (Wildman–Crippen MR) is 52.0 cm³/mol. The Labute approximate surface area is 74.7 Å². The highest BCUT2D eigenvalue weighted by Gasteiger charge is 1.97. The van der Waals surface area contributed by atoms with Gasteiger partial charge in [-0.05, 0) is 29.1 Å². The molecule has 0 radical (unpaired) electrons. The van der Waals surface area contributed by atoms with E-state index in [0.29, 0.717) is 5.82 Å². The Kier molecular flexibility index (Phi) is 1.80. The predicted octanol–water partition coefficient (Wildman–Crippen LogP) is 2.39. The molecule has 2 nitrogen and oxygen atoms in total. The first-order valence-electron chi connectivity index (χ1n) is 3.62. The highest BCUT2D eigenvalue weighted by atomic mass is 32.1. The second-order valence-electron chi connectivity index (χ2n) is 2.45. The number of nitrogen functional groups attached to an aromatic ring is 1. The highest BCUT2D eigenvalue weighted by molar-refractivity contribution is 7.13. The SMILES string of the molecule is Nc1cc(-c2cccs2)ccn1. The molecule has 0 saturated carbocycles. The molecular formula is C9H8N2S. The van der Waals surface area contributed by atoms with Crippen molar-refractivity contribution < 1.29 is 0 Å². The summed E-state index contributed by atoms with van der Waals surface area (Å²) in [5, 5.41) is 2.05. The standard InChI is InChI=1S/C9H8N2S/c10-9-6-7(3-4-11-9)8-2-1-5-12-8/h1-6H,(H2,10,11). The first-order valence-corrected chi connectivity index (χ1v) is 4.49. The van der Waals surface area contributed by atoms with Crippen molar-refractivity contribution >= 4 is 17.2 Å². The maximum Gasteiger partial charge on any atom is 0.123 e. The molecule has 0 aromatic carbocycles. The molecule has 0 bridgehead atoms. The van der Waals surface area contributed by atoms with Crippen molar-refractivity contribution in [3.05, 3.63) is 35.8 Å². The molecule has 0 aliphatic rings. The van der Waals surface area contributed by atoms with E-state index in [4.69, 9.17) is 5.73 Å². The zero-order valence-electron chi connectivity index (χ0n) is 6.40. The number of thiophene rings is 1. The molecule has 0 saturated heterocycles. The van der Waals surface area contributed by atoms with Crippen LogP contribution in [0.4, 0.5) is 5.82 Å². The van der Waals surface area contributed by atoms with Crippen molar-refractivity contribution in [1.29, 1.82) is 0 Å². The molecule has 2 N–H and O–H groups in total. The zero-order chi connectivity index (χ0) is 8.39. The monoisotopic (exact) mass is 176 g/mol.